The number of carbonyl (C=O) groups excluding carboxylic acids is 1. The molecular formula is C18H22N4O3. The van der Waals surface area contributed by atoms with Gasteiger partial charge in [0.05, 0.1) is 6.20 Å². The molecule has 0 radical (unpaired) electrons. The number of carbonyl (C=O) groups is 2. The van der Waals surface area contributed by atoms with Crippen molar-refractivity contribution in [2.45, 2.75) is 44.7 Å². The minimum absolute atomic E-state index is 0.0512. The van der Waals surface area contributed by atoms with E-state index in [2.05, 4.69) is 22.6 Å². The Labute approximate surface area is 146 Å². The lowest BCUT2D eigenvalue weighted by atomic mass is 9.77. The van der Waals surface area contributed by atoms with Crippen LogP contribution in [0.3, 0.4) is 0 Å². The minimum Gasteiger partial charge on any atom is -0.480 e. The van der Waals surface area contributed by atoms with E-state index in [9.17, 15) is 14.7 Å². The summed E-state index contributed by atoms with van der Waals surface area (Å²) in [6.07, 6.45) is 4.21. The average molecular weight is 342 g/mol. The van der Waals surface area contributed by atoms with Gasteiger partial charge in [0.25, 0.3) is 0 Å². The number of nitrogens with zero attached hydrogens (tertiary/aromatic N) is 3. The lowest BCUT2D eigenvalue weighted by Gasteiger charge is -2.36. The van der Waals surface area contributed by atoms with E-state index in [1.807, 2.05) is 30.3 Å². The molecule has 1 aliphatic carbocycles. The SMILES string of the molecule is CC1CCC(NC(=O)Cn2cc(-c3ccccc3)nn2)(C(=O)O)CC1. The summed E-state index contributed by atoms with van der Waals surface area (Å²) >= 11 is 0. The first-order chi connectivity index (χ1) is 12.0. The van der Waals surface area contributed by atoms with Gasteiger partial charge in [-0.15, -0.1) is 5.10 Å². The summed E-state index contributed by atoms with van der Waals surface area (Å²) in [5, 5.41) is 20.3. The van der Waals surface area contributed by atoms with Crippen LogP contribution in [0, 0.1) is 5.92 Å². The Bertz CT molecular complexity index is 749. The molecule has 0 aliphatic heterocycles. The molecule has 0 atom stereocenters. The predicted octanol–water partition coefficient (Wildman–Crippen LogP) is 2.09. The van der Waals surface area contributed by atoms with Crippen molar-refractivity contribution in [3.05, 3.63) is 36.5 Å². The number of hydrogen-bond acceptors (Lipinski definition) is 4. The molecule has 25 heavy (non-hydrogen) atoms. The van der Waals surface area contributed by atoms with E-state index in [1.165, 1.54) is 4.68 Å². The molecule has 2 aromatic rings. The van der Waals surface area contributed by atoms with Crippen molar-refractivity contribution in [1.29, 1.82) is 0 Å². The zero-order valence-corrected chi connectivity index (χ0v) is 14.2. The Hall–Kier alpha value is -2.70. The second-order valence-corrected chi connectivity index (χ2v) is 6.79. The van der Waals surface area contributed by atoms with Gasteiger partial charge in [0, 0.05) is 5.56 Å². The summed E-state index contributed by atoms with van der Waals surface area (Å²) in [7, 11) is 0. The normalized spacial score (nSPS) is 23.2. The first-order valence-electron chi connectivity index (χ1n) is 8.48. The van der Waals surface area contributed by atoms with E-state index in [4.69, 9.17) is 0 Å². The van der Waals surface area contributed by atoms with Gasteiger partial charge in [-0.3, -0.25) is 4.79 Å². The number of aromatic nitrogens is 3. The largest absolute Gasteiger partial charge is 0.480 e. The Morgan fingerprint density at radius 3 is 2.60 bits per heavy atom. The number of aliphatic carboxylic acids is 1. The highest BCUT2D eigenvalue weighted by molar-refractivity contribution is 5.87. The molecule has 1 aliphatic rings. The molecule has 7 nitrogen and oxygen atoms in total. The second-order valence-electron chi connectivity index (χ2n) is 6.79. The highest BCUT2D eigenvalue weighted by Gasteiger charge is 2.42. The minimum atomic E-state index is -1.16. The Balaban J connectivity index is 1.66. The topological polar surface area (TPSA) is 97.1 Å². The van der Waals surface area contributed by atoms with E-state index in [0.29, 0.717) is 24.5 Å². The lowest BCUT2D eigenvalue weighted by molar-refractivity contribution is -0.149. The van der Waals surface area contributed by atoms with Gasteiger partial charge in [0.2, 0.25) is 5.91 Å². The zero-order chi connectivity index (χ0) is 17.9. The van der Waals surface area contributed by atoms with Crippen molar-refractivity contribution >= 4 is 11.9 Å². The Morgan fingerprint density at radius 1 is 1.28 bits per heavy atom. The van der Waals surface area contributed by atoms with Crippen LogP contribution in [0.15, 0.2) is 36.5 Å². The number of hydrogen-bond donors (Lipinski definition) is 2. The van der Waals surface area contributed by atoms with Gasteiger partial charge < -0.3 is 10.4 Å². The third kappa shape index (κ3) is 3.87. The maximum Gasteiger partial charge on any atom is 0.329 e. The van der Waals surface area contributed by atoms with Crippen molar-refractivity contribution in [3.63, 3.8) is 0 Å². The van der Waals surface area contributed by atoms with E-state index in [0.717, 1.165) is 18.4 Å². The number of carboxylic acid groups (broad SMARTS) is 1. The van der Waals surface area contributed by atoms with Crippen molar-refractivity contribution in [2.24, 2.45) is 5.92 Å². The molecule has 0 spiro atoms. The Kier molecular flexibility index (Phi) is 4.83. The number of nitrogens with one attached hydrogen (secondary N) is 1. The van der Waals surface area contributed by atoms with E-state index >= 15 is 0 Å². The number of amides is 1. The monoisotopic (exact) mass is 342 g/mol. The summed E-state index contributed by atoms with van der Waals surface area (Å²) < 4.78 is 1.43. The molecular weight excluding hydrogens is 320 g/mol. The summed E-state index contributed by atoms with van der Waals surface area (Å²) in [5.74, 6) is -0.828. The first kappa shape index (κ1) is 17.1. The van der Waals surface area contributed by atoms with Gasteiger partial charge in [-0.25, -0.2) is 9.48 Å². The van der Waals surface area contributed by atoms with Crippen LogP contribution in [-0.4, -0.2) is 37.5 Å². The average Bonchev–Trinajstić information content (AvgIpc) is 3.06. The van der Waals surface area contributed by atoms with Crippen LogP contribution < -0.4 is 5.32 Å². The maximum atomic E-state index is 12.4. The molecule has 0 unspecified atom stereocenters. The van der Waals surface area contributed by atoms with Gasteiger partial charge in [-0.2, -0.15) is 0 Å². The van der Waals surface area contributed by atoms with Crippen LogP contribution in [0.4, 0.5) is 0 Å². The fourth-order valence-corrected chi connectivity index (χ4v) is 3.22. The van der Waals surface area contributed by atoms with Gasteiger partial charge in [0.1, 0.15) is 17.8 Å². The molecule has 0 saturated heterocycles. The smallest absolute Gasteiger partial charge is 0.329 e. The third-order valence-electron chi connectivity index (χ3n) is 4.83. The van der Waals surface area contributed by atoms with Crippen LogP contribution >= 0.6 is 0 Å². The van der Waals surface area contributed by atoms with Crippen molar-refractivity contribution in [2.75, 3.05) is 0 Å². The lowest BCUT2D eigenvalue weighted by Crippen LogP contribution is -2.56. The fourth-order valence-electron chi connectivity index (χ4n) is 3.22. The second kappa shape index (κ2) is 7.04. The molecule has 1 aromatic heterocycles. The molecule has 132 valence electrons. The number of benzene rings is 1. The number of carboxylic acids is 1. The summed E-state index contributed by atoms with van der Waals surface area (Å²) in [5.41, 5.74) is 0.428. The Morgan fingerprint density at radius 2 is 1.96 bits per heavy atom. The molecule has 1 heterocycles. The molecule has 7 heteroatoms. The van der Waals surface area contributed by atoms with Crippen molar-refractivity contribution in [1.82, 2.24) is 20.3 Å². The summed E-state index contributed by atoms with van der Waals surface area (Å²) in [6, 6.07) is 9.55. The molecule has 1 fully saturated rings. The zero-order valence-electron chi connectivity index (χ0n) is 14.2. The fraction of sp³-hybridized carbons (Fsp3) is 0.444. The maximum absolute atomic E-state index is 12.4. The highest BCUT2D eigenvalue weighted by Crippen LogP contribution is 2.32. The molecule has 3 rings (SSSR count). The van der Waals surface area contributed by atoms with E-state index < -0.39 is 11.5 Å². The third-order valence-corrected chi connectivity index (χ3v) is 4.83. The number of rotatable bonds is 5. The highest BCUT2D eigenvalue weighted by atomic mass is 16.4. The van der Waals surface area contributed by atoms with Crippen LogP contribution in [-0.2, 0) is 16.1 Å². The summed E-state index contributed by atoms with van der Waals surface area (Å²) in [6.45, 7) is 2.05. The van der Waals surface area contributed by atoms with Gasteiger partial charge in [0.15, 0.2) is 0 Å². The molecule has 1 saturated carbocycles. The first-order valence-corrected chi connectivity index (χ1v) is 8.48. The van der Waals surface area contributed by atoms with Gasteiger partial charge >= 0.3 is 5.97 Å². The molecule has 0 bridgehead atoms. The quantitative estimate of drug-likeness (QED) is 0.867. The van der Waals surface area contributed by atoms with Crippen LogP contribution in [0.2, 0.25) is 0 Å². The molecule has 1 aromatic carbocycles. The predicted molar refractivity (Wildman–Crippen MR) is 91.6 cm³/mol. The van der Waals surface area contributed by atoms with Crippen molar-refractivity contribution in [3.8, 4) is 11.3 Å². The standard InChI is InChI=1S/C18H22N4O3/c1-13-7-9-18(10-8-13,17(24)25)19-16(23)12-22-11-15(20-21-22)14-5-3-2-4-6-14/h2-6,11,13H,7-10,12H2,1H3,(H,19,23)(H,24,25). The molecule has 2 N–H and O–H groups in total. The van der Waals surface area contributed by atoms with E-state index in [1.54, 1.807) is 6.20 Å². The molecule has 1 amide bonds. The van der Waals surface area contributed by atoms with Crippen molar-refractivity contribution < 1.29 is 14.7 Å². The van der Waals surface area contributed by atoms with E-state index in [-0.39, 0.29) is 12.5 Å². The van der Waals surface area contributed by atoms with Crippen LogP contribution in [0.25, 0.3) is 11.3 Å². The van der Waals surface area contributed by atoms with Crippen LogP contribution in [0.5, 0.6) is 0 Å². The van der Waals surface area contributed by atoms with Gasteiger partial charge in [-0.1, -0.05) is 42.5 Å². The summed E-state index contributed by atoms with van der Waals surface area (Å²) in [4.78, 5) is 24.1. The van der Waals surface area contributed by atoms with Gasteiger partial charge in [-0.05, 0) is 31.6 Å². The van der Waals surface area contributed by atoms with Crippen LogP contribution in [0.1, 0.15) is 32.6 Å².